The minimum absolute atomic E-state index is 0.0809. The van der Waals surface area contributed by atoms with Gasteiger partial charge >= 0.3 is 0 Å². The number of piperidine rings is 1. The number of carbonyl (C=O) groups excluding carboxylic acids is 1. The molecule has 3 heterocycles. The van der Waals surface area contributed by atoms with E-state index in [0.29, 0.717) is 17.3 Å². The summed E-state index contributed by atoms with van der Waals surface area (Å²) >= 11 is 0. The lowest BCUT2D eigenvalue weighted by molar-refractivity contribution is 0.0675. The van der Waals surface area contributed by atoms with Gasteiger partial charge in [0.2, 0.25) is 0 Å². The monoisotopic (exact) mass is 392 g/mol. The normalized spacial score (nSPS) is 22.5. The first-order valence-electron chi connectivity index (χ1n) is 10.8. The van der Waals surface area contributed by atoms with Crippen molar-refractivity contribution in [3.63, 3.8) is 0 Å². The van der Waals surface area contributed by atoms with Crippen LogP contribution in [0.2, 0.25) is 0 Å². The summed E-state index contributed by atoms with van der Waals surface area (Å²) in [4.78, 5) is 21.5. The topological polar surface area (TPSA) is 62.5 Å². The van der Waals surface area contributed by atoms with Crippen LogP contribution in [0.15, 0.2) is 42.6 Å². The molecule has 1 aromatic carbocycles. The van der Waals surface area contributed by atoms with Gasteiger partial charge in [-0.25, -0.2) is 4.98 Å². The summed E-state index contributed by atoms with van der Waals surface area (Å²) in [5, 5.41) is 0. The van der Waals surface area contributed by atoms with E-state index >= 15 is 0 Å². The van der Waals surface area contributed by atoms with Crippen molar-refractivity contribution in [2.45, 2.75) is 45.6 Å². The number of rotatable bonds is 4. The van der Waals surface area contributed by atoms with Gasteiger partial charge in [0.15, 0.2) is 0 Å². The second-order valence-corrected chi connectivity index (χ2v) is 9.16. The second-order valence-electron chi connectivity index (χ2n) is 9.16. The molecule has 5 heteroatoms. The summed E-state index contributed by atoms with van der Waals surface area (Å²) in [6.07, 6.45) is 5.11. The van der Waals surface area contributed by atoms with E-state index in [1.165, 1.54) is 24.0 Å². The molecule has 4 rings (SSSR count). The van der Waals surface area contributed by atoms with Crippen LogP contribution in [-0.4, -0.2) is 46.9 Å². The largest absolute Gasteiger partial charge is 0.384 e. The highest BCUT2D eigenvalue weighted by atomic mass is 16.2. The summed E-state index contributed by atoms with van der Waals surface area (Å²) < 4.78 is 0. The first-order valence-corrected chi connectivity index (χ1v) is 10.8. The molecule has 0 aliphatic carbocycles. The average molecular weight is 393 g/mol. The van der Waals surface area contributed by atoms with Crippen LogP contribution in [0.1, 0.15) is 60.5 Å². The van der Waals surface area contributed by atoms with Crippen LogP contribution in [0.5, 0.6) is 0 Å². The first-order chi connectivity index (χ1) is 13.9. The van der Waals surface area contributed by atoms with Crippen molar-refractivity contribution in [3.05, 3.63) is 59.3 Å². The highest BCUT2D eigenvalue weighted by Crippen LogP contribution is 2.39. The number of pyridine rings is 1. The molecule has 1 unspecified atom stereocenters. The fourth-order valence-electron chi connectivity index (χ4n) is 4.92. The second kappa shape index (κ2) is 8.15. The number of anilines is 1. The number of nitrogens with two attached hydrogens (primary N) is 1. The fourth-order valence-corrected chi connectivity index (χ4v) is 4.92. The molecule has 5 nitrogen and oxygen atoms in total. The standard InChI is InChI=1S/C24H32N4O/c1-18(2)20-6-4-19(5-7-20)15-27-12-3-9-24(16-27)10-13-28(17-24)23(29)21-8-11-26-22(25)14-21/h4-8,11,14,18H,3,9-10,12-13,15-17H2,1-2H3,(H2,25,26). The van der Waals surface area contributed by atoms with Crippen LogP contribution in [0.3, 0.4) is 0 Å². The van der Waals surface area contributed by atoms with Crippen LogP contribution >= 0.6 is 0 Å². The highest BCUT2D eigenvalue weighted by molar-refractivity contribution is 5.95. The zero-order valence-electron chi connectivity index (χ0n) is 17.6. The number of nitrogens with zero attached hydrogens (tertiary/aromatic N) is 3. The summed E-state index contributed by atoms with van der Waals surface area (Å²) in [6.45, 7) is 9.35. The molecule has 29 heavy (non-hydrogen) atoms. The molecule has 2 aliphatic heterocycles. The Morgan fingerprint density at radius 1 is 1.14 bits per heavy atom. The lowest BCUT2D eigenvalue weighted by Crippen LogP contribution is -2.45. The van der Waals surface area contributed by atoms with Crippen molar-refractivity contribution in [2.75, 3.05) is 31.9 Å². The van der Waals surface area contributed by atoms with Crippen molar-refractivity contribution in [1.82, 2.24) is 14.8 Å². The molecule has 0 bridgehead atoms. The Balaban J connectivity index is 1.39. The number of hydrogen-bond donors (Lipinski definition) is 1. The molecule has 1 spiro atoms. The van der Waals surface area contributed by atoms with Crippen molar-refractivity contribution in [3.8, 4) is 0 Å². The van der Waals surface area contributed by atoms with Gasteiger partial charge in [0.25, 0.3) is 5.91 Å². The van der Waals surface area contributed by atoms with Crippen molar-refractivity contribution in [2.24, 2.45) is 5.41 Å². The van der Waals surface area contributed by atoms with Crippen molar-refractivity contribution >= 4 is 11.7 Å². The molecule has 2 fully saturated rings. The third-order valence-corrected chi connectivity index (χ3v) is 6.55. The van der Waals surface area contributed by atoms with Crippen LogP contribution in [-0.2, 0) is 6.54 Å². The van der Waals surface area contributed by atoms with Crippen LogP contribution < -0.4 is 5.73 Å². The Kier molecular flexibility index (Phi) is 5.59. The molecule has 2 saturated heterocycles. The minimum atomic E-state index is 0.0809. The lowest BCUT2D eigenvalue weighted by atomic mass is 9.79. The van der Waals surface area contributed by atoms with Gasteiger partial charge in [-0.3, -0.25) is 9.69 Å². The summed E-state index contributed by atoms with van der Waals surface area (Å²) in [5.41, 5.74) is 9.41. The SMILES string of the molecule is CC(C)c1ccc(CN2CCCC3(CCN(C(=O)c4ccnc(N)c4)C3)C2)cc1. The van der Waals surface area contributed by atoms with E-state index in [4.69, 9.17) is 5.73 Å². The van der Waals surface area contributed by atoms with Crippen LogP contribution in [0.25, 0.3) is 0 Å². The predicted octanol–water partition coefficient (Wildman–Crippen LogP) is 3.92. The molecule has 1 atom stereocenters. The maximum Gasteiger partial charge on any atom is 0.254 e. The van der Waals surface area contributed by atoms with Crippen molar-refractivity contribution in [1.29, 1.82) is 0 Å². The summed E-state index contributed by atoms with van der Waals surface area (Å²) in [7, 11) is 0. The fraction of sp³-hybridized carbons (Fsp3) is 0.500. The number of aromatic nitrogens is 1. The number of nitrogen functional groups attached to an aromatic ring is 1. The van der Waals surface area contributed by atoms with Crippen LogP contribution in [0.4, 0.5) is 5.82 Å². The van der Waals surface area contributed by atoms with Gasteiger partial charge in [0, 0.05) is 43.4 Å². The zero-order chi connectivity index (χ0) is 20.4. The van der Waals surface area contributed by atoms with Gasteiger partial charge < -0.3 is 10.6 Å². The third-order valence-electron chi connectivity index (χ3n) is 6.55. The maximum absolute atomic E-state index is 12.9. The van der Waals surface area contributed by atoms with Crippen LogP contribution in [0, 0.1) is 5.41 Å². The van der Waals surface area contributed by atoms with E-state index in [-0.39, 0.29) is 11.3 Å². The molecular weight excluding hydrogens is 360 g/mol. The molecule has 0 radical (unpaired) electrons. The Bertz CT molecular complexity index is 863. The zero-order valence-corrected chi connectivity index (χ0v) is 17.6. The Hall–Kier alpha value is -2.40. The van der Waals surface area contributed by atoms with Gasteiger partial charge in [-0.15, -0.1) is 0 Å². The third kappa shape index (κ3) is 4.45. The lowest BCUT2D eigenvalue weighted by Gasteiger charge is -2.40. The molecular formula is C24H32N4O. The van der Waals surface area contributed by atoms with Gasteiger partial charge in [0.1, 0.15) is 5.82 Å². The molecule has 0 saturated carbocycles. The molecule has 154 valence electrons. The van der Waals surface area contributed by atoms with Gasteiger partial charge in [-0.2, -0.15) is 0 Å². The number of carbonyl (C=O) groups is 1. The Morgan fingerprint density at radius 3 is 2.66 bits per heavy atom. The molecule has 1 amide bonds. The quantitative estimate of drug-likeness (QED) is 0.857. The summed E-state index contributed by atoms with van der Waals surface area (Å²) in [5.74, 6) is 1.05. The summed E-state index contributed by atoms with van der Waals surface area (Å²) in [6, 6.07) is 12.5. The average Bonchev–Trinajstić information content (AvgIpc) is 3.11. The van der Waals surface area contributed by atoms with E-state index in [9.17, 15) is 4.79 Å². The smallest absolute Gasteiger partial charge is 0.254 e. The van der Waals surface area contributed by atoms with Crippen molar-refractivity contribution < 1.29 is 4.79 Å². The van der Waals surface area contributed by atoms with Gasteiger partial charge in [0.05, 0.1) is 0 Å². The Morgan fingerprint density at radius 2 is 1.93 bits per heavy atom. The van der Waals surface area contributed by atoms with E-state index < -0.39 is 0 Å². The molecule has 2 aromatic rings. The maximum atomic E-state index is 12.9. The Labute approximate surface area is 173 Å². The first kappa shape index (κ1) is 19.9. The molecule has 2 aliphatic rings. The predicted molar refractivity (Wildman–Crippen MR) is 117 cm³/mol. The number of amides is 1. The van der Waals surface area contributed by atoms with Gasteiger partial charge in [-0.1, -0.05) is 38.1 Å². The highest BCUT2D eigenvalue weighted by Gasteiger charge is 2.42. The minimum Gasteiger partial charge on any atom is -0.384 e. The number of benzene rings is 1. The number of likely N-dealkylation sites (tertiary alicyclic amines) is 2. The molecule has 1 aromatic heterocycles. The van der Waals surface area contributed by atoms with E-state index in [1.54, 1.807) is 18.3 Å². The van der Waals surface area contributed by atoms with E-state index in [1.807, 2.05) is 4.90 Å². The van der Waals surface area contributed by atoms with Gasteiger partial charge in [-0.05, 0) is 55.0 Å². The van der Waals surface area contributed by atoms with E-state index in [2.05, 4.69) is 48.0 Å². The van der Waals surface area contributed by atoms with E-state index in [0.717, 1.165) is 39.1 Å². The molecule has 2 N–H and O–H groups in total. The number of hydrogen-bond acceptors (Lipinski definition) is 4.